The molecule has 3 fully saturated rings. The lowest BCUT2D eigenvalue weighted by Gasteiger charge is -2.52. The number of hydrogen-bond donors (Lipinski definition) is 0. The molecule has 3 heterocycles. The van der Waals surface area contributed by atoms with Gasteiger partial charge in [0.25, 0.3) is 0 Å². The van der Waals surface area contributed by atoms with Gasteiger partial charge in [-0.1, -0.05) is 30.3 Å². The molecule has 3 atom stereocenters. The minimum atomic E-state index is -0.237. The van der Waals surface area contributed by atoms with Gasteiger partial charge in [-0.25, -0.2) is 4.79 Å². The van der Waals surface area contributed by atoms with E-state index in [4.69, 9.17) is 9.57 Å². The number of hydrogen-bond acceptors (Lipinski definition) is 5. The number of amides is 2. The molecule has 4 rings (SSSR count). The van der Waals surface area contributed by atoms with E-state index in [1.54, 1.807) is 12.0 Å². The van der Waals surface area contributed by atoms with E-state index in [9.17, 15) is 9.59 Å². The van der Waals surface area contributed by atoms with Crippen LogP contribution in [0.15, 0.2) is 30.3 Å². The molecule has 1 aromatic rings. The van der Waals surface area contributed by atoms with E-state index in [2.05, 4.69) is 0 Å². The third-order valence-electron chi connectivity index (χ3n) is 5.11. The van der Waals surface area contributed by atoms with Gasteiger partial charge in [0.1, 0.15) is 13.1 Å². The monoisotopic (exact) mass is 348 g/mol. The number of carbonyl (C=O) groups excluding carboxylic acids is 2. The Balaban J connectivity index is 1.87. The molecule has 0 radical (unpaired) electrons. The minimum Gasteiger partial charge on any atom is -0.383 e. The number of hydroxylamine groups is 3. The van der Waals surface area contributed by atoms with E-state index in [0.29, 0.717) is 19.7 Å². The highest BCUT2D eigenvalue weighted by Gasteiger charge is 2.62. The molecule has 0 aliphatic carbocycles. The predicted octanol–water partition coefficient (Wildman–Crippen LogP) is 0.610. The van der Waals surface area contributed by atoms with Crippen molar-refractivity contribution in [2.24, 2.45) is 0 Å². The normalized spacial score (nSPS) is 30.4. The van der Waals surface area contributed by atoms with Crippen molar-refractivity contribution in [3.63, 3.8) is 0 Å². The van der Waals surface area contributed by atoms with E-state index in [0.717, 1.165) is 5.56 Å². The summed E-state index contributed by atoms with van der Waals surface area (Å²) in [5.41, 5.74) is 1.04. The lowest BCUT2D eigenvalue weighted by molar-refractivity contribution is -1.14. The van der Waals surface area contributed by atoms with Crippen molar-refractivity contribution < 1.29 is 23.8 Å². The summed E-state index contributed by atoms with van der Waals surface area (Å²) in [4.78, 5) is 35.2. The van der Waals surface area contributed by atoms with Crippen LogP contribution < -0.4 is 0 Å². The Morgan fingerprint density at radius 3 is 2.60 bits per heavy atom. The molecule has 0 aromatic heterocycles. The van der Waals surface area contributed by atoms with Crippen LogP contribution >= 0.6 is 0 Å². The number of quaternary nitrogens is 1. The fourth-order valence-electron chi connectivity index (χ4n) is 3.56. The van der Waals surface area contributed by atoms with Crippen molar-refractivity contribution in [3.05, 3.63) is 35.9 Å². The van der Waals surface area contributed by atoms with Crippen LogP contribution in [0.2, 0.25) is 0 Å². The molecule has 3 saturated heterocycles. The van der Waals surface area contributed by atoms with Crippen LogP contribution in [0.4, 0.5) is 0 Å². The van der Waals surface area contributed by atoms with E-state index in [1.807, 2.05) is 49.2 Å². The third-order valence-corrected chi connectivity index (χ3v) is 5.11. The smallest absolute Gasteiger partial charge is 0.365 e. The number of rotatable bonds is 5. The molecule has 2 bridgehead atoms. The quantitative estimate of drug-likeness (QED) is 0.730. The van der Waals surface area contributed by atoms with Crippen molar-refractivity contribution in [1.82, 2.24) is 9.80 Å². The van der Waals surface area contributed by atoms with E-state index < -0.39 is 0 Å². The lowest BCUT2D eigenvalue weighted by atomic mass is 10.1. The van der Waals surface area contributed by atoms with Gasteiger partial charge >= 0.3 is 5.91 Å². The average molecular weight is 348 g/mol. The van der Waals surface area contributed by atoms with Crippen LogP contribution in [0, 0.1) is 0 Å². The van der Waals surface area contributed by atoms with Crippen LogP contribution in [0.25, 0.3) is 0 Å². The second-order valence-electron chi connectivity index (χ2n) is 6.79. The highest BCUT2D eigenvalue weighted by molar-refractivity contribution is 5.83. The maximum atomic E-state index is 13.1. The van der Waals surface area contributed by atoms with Crippen LogP contribution in [0.1, 0.15) is 12.5 Å². The maximum Gasteiger partial charge on any atom is 0.365 e. The summed E-state index contributed by atoms with van der Waals surface area (Å²) < 4.78 is 5.01. The molecule has 0 N–H and O–H groups in total. The zero-order valence-electron chi connectivity index (χ0n) is 15.1. The second-order valence-corrected chi connectivity index (χ2v) is 6.79. The van der Waals surface area contributed by atoms with Gasteiger partial charge in [0.15, 0.2) is 6.04 Å². The molecule has 25 heavy (non-hydrogen) atoms. The maximum absolute atomic E-state index is 13.1. The Morgan fingerprint density at radius 1 is 1.24 bits per heavy atom. The minimum absolute atomic E-state index is 0.0344. The SMILES string of the molecule is COCCN1CC(=O)[N+]2(Cc3ccccc3)O[C@H](C2C)N(C)CC1=O. The molecule has 2 unspecified atom stereocenters. The second kappa shape index (κ2) is 7.21. The summed E-state index contributed by atoms with van der Waals surface area (Å²) in [6, 6.07) is 9.81. The Morgan fingerprint density at radius 2 is 1.96 bits per heavy atom. The largest absolute Gasteiger partial charge is 0.383 e. The first-order chi connectivity index (χ1) is 12.0. The summed E-state index contributed by atoms with van der Waals surface area (Å²) in [6.45, 7) is 3.57. The van der Waals surface area contributed by atoms with Crippen LogP contribution in [-0.4, -0.2) is 78.9 Å². The zero-order valence-corrected chi connectivity index (χ0v) is 15.1. The molecule has 3 aliphatic rings. The fraction of sp³-hybridized carbons (Fsp3) is 0.556. The van der Waals surface area contributed by atoms with Gasteiger partial charge in [0.2, 0.25) is 12.1 Å². The molecule has 0 spiro atoms. The average Bonchev–Trinajstić information content (AvgIpc) is 2.65. The number of carbonyl (C=O) groups is 2. The zero-order chi connectivity index (χ0) is 18.0. The number of ether oxygens (including phenoxy) is 1. The number of likely N-dealkylation sites (N-methyl/N-ethyl adjacent to an activating group) is 1. The van der Waals surface area contributed by atoms with Gasteiger partial charge in [-0.3, -0.25) is 9.69 Å². The summed E-state index contributed by atoms with van der Waals surface area (Å²) >= 11 is 0. The predicted molar refractivity (Wildman–Crippen MR) is 90.8 cm³/mol. The van der Waals surface area contributed by atoms with Gasteiger partial charge < -0.3 is 9.64 Å². The highest BCUT2D eigenvalue weighted by atomic mass is 16.8. The van der Waals surface area contributed by atoms with E-state index in [1.165, 1.54) is 0 Å². The van der Waals surface area contributed by atoms with Crippen LogP contribution in [-0.2, 0) is 25.7 Å². The summed E-state index contributed by atoms with van der Waals surface area (Å²) in [5, 5.41) is 0. The number of fused-ring (bicyclic) bond motifs is 5. The van der Waals surface area contributed by atoms with Gasteiger partial charge in [0, 0.05) is 19.2 Å². The third kappa shape index (κ3) is 3.32. The Labute approximate surface area is 148 Å². The van der Waals surface area contributed by atoms with Crippen LogP contribution in [0.3, 0.4) is 0 Å². The van der Waals surface area contributed by atoms with Gasteiger partial charge in [-0.2, -0.15) is 4.84 Å². The van der Waals surface area contributed by atoms with Crippen LogP contribution in [0.5, 0.6) is 0 Å². The van der Waals surface area contributed by atoms with Gasteiger partial charge in [0.05, 0.1) is 13.2 Å². The van der Waals surface area contributed by atoms with Crippen molar-refractivity contribution in [2.75, 3.05) is 40.4 Å². The summed E-state index contributed by atoms with van der Waals surface area (Å²) in [7, 11) is 3.45. The lowest BCUT2D eigenvalue weighted by Crippen LogP contribution is -2.76. The molecule has 136 valence electrons. The molecule has 0 saturated carbocycles. The number of nitrogens with zero attached hydrogens (tertiary/aromatic N) is 3. The summed E-state index contributed by atoms with van der Waals surface area (Å²) in [5.74, 6) is -0.164. The molecule has 1 aromatic carbocycles. The molecular weight excluding hydrogens is 322 g/mol. The number of benzene rings is 1. The molecular formula is C18H26N3O4+. The van der Waals surface area contributed by atoms with Gasteiger partial charge in [-0.15, -0.1) is 4.65 Å². The topological polar surface area (TPSA) is 59.1 Å². The highest BCUT2D eigenvalue weighted by Crippen LogP contribution is 2.37. The number of methoxy groups -OCH3 is 1. The van der Waals surface area contributed by atoms with Gasteiger partial charge in [-0.05, 0) is 14.0 Å². The first-order valence-corrected chi connectivity index (χ1v) is 8.58. The van der Waals surface area contributed by atoms with Crippen molar-refractivity contribution in [1.29, 1.82) is 0 Å². The van der Waals surface area contributed by atoms with Crippen molar-refractivity contribution in [3.8, 4) is 0 Å². The first kappa shape index (κ1) is 18.0. The first-order valence-electron chi connectivity index (χ1n) is 8.58. The molecule has 7 heteroatoms. The van der Waals surface area contributed by atoms with Crippen molar-refractivity contribution in [2.45, 2.75) is 25.7 Å². The van der Waals surface area contributed by atoms with E-state index in [-0.39, 0.29) is 41.8 Å². The molecule has 2 amide bonds. The molecule has 7 nitrogen and oxygen atoms in total. The Hall–Kier alpha value is -1.80. The fourth-order valence-corrected chi connectivity index (χ4v) is 3.56. The van der Waals surface area contributed by atoms with Crippen molar-refractivity contribution >= 4 is 11.8 Å². The molecule has 3 aliphatic heterocycles. The standard InChI is InChI=1S/C18H26N3O4/c1-14-18-19(2)11-16(22)20(9-10-24-3)12-17(23)21(14,25-18)13-15-7-5-4-6-8-15/h4-8,14,18H,9-13H2,1-3H3/q+1/t14?,18-,21?/m1/s1. The Kier molecular flexibility index (Phi) is 5.19. The van der Waals surface area contributed by atoms with E-state index >= 15 is 0 Å². The summed E-state index contributed by atoms with van der Waals surface area (Å²) in [6.07, 6.45) is -0.237. The Bertz CT molecular complexity index is 638.